The molecule has 2 N–H and O–H groups in total. The Morgan fingerprint density at radius 3 is 2.69 bits per heavy atom. The molecule has 1 aliphatic rings. The summed E-state index contributed by atoms with van der Waals surface area (Å²) >= 11 is 0. The van der Waals surface area contributed by atoms with Gasteiger partial charge in [0.05, 0.1) is 11.0 Å². The lowest BCUT2D eigenvalue weighted by atomic mass is 9.97. The number of ether oxygens (including phenoxy) is 1. The average molecular weight is 527 g/mol. The van der Waals surface area contributed by atoms with Gasteiger partial charge in [-0.05, 0) is 60.7 Å². The Kier molecular flexibility index (Phi) is 7.49. The van der Waals surface area contributed by atoms with Gasteiger partial charge in [-0.15, -0.1) is 0 Å². The summed E-state index contributed by atoms with van der Waals surface area (Å²) < 4.78 is 8.07. The number of nitrogens with zero attached hydrogens (tertiary/aromatic N) is 4. The molecule has 0 radical (unpaired) electrons. The van der Waals surface area contributed by atoms with Crippen molar-refractivity contribution in [1.82, 2.24) is 24.8 Å². The molecule has 4 aromatic rings. The topological polar surface area (TPSA) is 101 Å². The highest BCUT2D eigenvalue weighted by Crippen LogP contribution is 2.29. The monoisotopic (exact) mass is 526 g/mol. The predicted molar refractivity (Wildman–Crippen MR) is 152 cm³/mol. The van der Waals surface area contributed by atoms with E-state index in [4.69, 9.17) is 9.72 Å². The molecule has 1 aliphatic heterocycles. The van der Waals surface area contributed by atoms with Crippen LogP contribution >= 0.6 is 0 Å². The molecule has 5 rings (SSSR count). The van der Waals surface area contributed by atoms with Crippen LogP contribution in [0.5, 0.6) is 11.5 Å². The highest BCUT2D eigenvalue weighted by molar-refractivity contribution is 5.92. The van der Waals surface area contributed by atoms with Crippen molar-refractivity contribution >= 4 is 34.5 Å². The van der Waals surface area contributed by atoms with Crippen LogP contribution in [0.3, 0.4) is 0 Å². The number of likely N-dealkylation sites (tertiary alicyclic amines) is 1. The molecule has 39 heavy (non-hydrogen) atoms. The quantitative estimate of drug-likeness (QED) is 0.307. The Labute approximate surface area is 228 Å². The number of hydrogen-bond acceptors (Lipinski definition) is 6. The van der Waals surface area contributed by atoms with Gasteiger partial charge in [-0.3, -0.25) is 14.6 Å². The maximum atomic E-state index is 12.6. The predicted octanol–water partition coefficient (Wildman–Crippen LogP) is 5.29. The number of carbonyl (C=O) groups is 2. The molecule has 2 amide bonds. The van der Waals surface area contributed by atoms with Crippen molar-refractivity contribution < 1.29 is 14.3 Å². The number of pyridine rings is 1. The van der Waals surface area contributed by atoms with Crippen molar-refractivity contribution in [2.24, 2.45) is 7.05 Å². The van der Waals surface area contributed by atoms with Crippen LogP contribution in [0.1, 0.15) is 54.2 Å². The fraction of sp³-hybridized carbons (Fsp3) is 0.333. The Morgan fingerprint density at radius 1 is 1.10 bits per heavy atom. The fourth-order valence-electron chi connectivity index (χ4n) is 4.89. The summed E-state index contributed by atoms with van der Waals surface area (Å²) in [6.07, 6.45) is 3.01. The van der Waals surface area contributed by atoms with E-state index in [2.05, 4.69) is 54.6 Å². The summed E-state index contributed by atoms with van der Waals surface area (Å²) in [5, 5.41) is 6.28. The van der Waals surface area contributed by atoms with Gasteiger partial charge in [0, 0.05) is 57.1 Å². The van der Waals surface area contributed by atoms with Gasteiger partial charge in [-0.2, -0.15) is 0 Å². The SMILES string of the molecule is Cc1ccc(Nc2nc3cc(Oc4ccnc(C(=O)NCCN5CCCC5=O)c4)ccc3n2C)cc1C(C)C. The number of rotatable bonds is 9. The molecular weight excluding hydrogens is 492 g/mol. The minimum absolute atomic E-state index is 0.140. The first kappa shape index (κ1) is 26.2. The van der Waals surface area contributed by atoms with Crippen molar-refractivity contribution in [3.63, 3.8) is 0 Å². The highest BCUT2D eigenvalue weighted by atomic mass is 16.5. The molecule has 9 heteroatoms. The van der Waals surface area contributed by atoms with Crippen LogP contribution in [0, 0.1) is 6.92 Å². The van der Waals surface area contributed by atoms with E-state index >= 15 is 0 Å². The molecule has 2 aromatic carbocycles. The van der Waals surface area contributed by atoms with Crippen molar-refractivity contribution in [2.45, 2.75) is 39.5 Å². The van der Waals surface area contributed by atoms with Gasteiger partial charge in [-0.1, -0.05) is 19.9 Å². The third-order valence-electron chi connectivity index (χ3n) is 7.05. The van der Waals surface area contributed by atoms with Crippen LogP contribution in [-0.4, -0.2) is 50.9 Å². The van der Waals surface area contributed by atoms with E-state index in [-0.39, 0.29) is 17.5 Å². The van der Waals surface area contributed by atoms with Crippen LogP contribution in [0.15, 0.2) is 54.7 Å². The number of carbonyl (C=O) groups excluding carboxylic acids is 2. The molecule has 0 bridgehead atoms. The van der Waals surface area contributed by atoms with Crippen molar-refractivity contribution in [1.29, 1.82) is 0 Å². The molecule has 3 heterocycles. The zero-order valence-corrected chi connectivity index (χ0v) is 22.8. The summed E-state index contributed by atoms with van der Waals surface area (Å²) in [7, 11) is 1.98. The number of imidazole rings is 1. The Balaban J connectivity index is 1.26. The first-order valence-corrected chi connectivity index (χ1v) is 13.3. The van der Waals surface area contributed by atoms with Gasteiger partial charge in [0.1, 0.15) is 17.2 Å². The third kappa shape index (κ3) is 5.87. The summed E-state index contributed by atoms with van der Waals surface area (Å²) in [5.41, 5.74) is 5.59. The molecule has 9 nitrogen and oxygen atoms in total. The third-order valence-corrected chi connectivity index (χ3v) is 7.05. The van der Waals surface area contributed by atoms with Crippen LogP contribution in [0.4, 0.5) is 11.6 Å². The van der Waals surface area contributed by atoms with E-state index in [0.717, 1.165) is 35.6 Å². The fourth-order valence-corrected chi connectivity index (χ4v) is 4.89. The van der Waals surface area contributed by atoms with Gasteiger partial charge in [0.15, 0.2) is 0 Å². The first-order chi connectivity index (χ1) is 18.8. The summed E-state index contributed by atoms with van der Waals surface area (Å²) in [6.45, 7) is 8.15. The van der Waals surface area contributed by atoms with E-state index in [9.17, 15) is 9.59 Å². The molecule has 2 aromatic heterocycles. The van der Waals surface area contributed by atoms with Crippen molar-refractivity contribution in [3.8, 4) is 11.5 Å². The first-order valence-electron chi connectivity index (χ1n) is 13.3. The molecule has 0 saturated carbocycles. The standard InChI is InChI=1S/C30H34N6O3/c1-19(2)24-16-21(8-7-20(24)3)33-30-34-25-17-22(9-10-27(25)35(30)4)39-23-11-12-31-26(18-23)29(38)32-13-15-36-14-5-6-28(36)37/h7-12,16-19H,5-6,13-15H2,1-4H3,(H,32,38)(H,33,34). The largest absolute Gasteiger partial charge is 0.457 e. The van der Waals surface area contributed by atoms with Crippen LogP contribution in [0.25, 0.3) is 11.0 Å². The second-order valence-electron chi connectivity index (χ2n) is 10.2. The molecule has 0 atom stereocenters. The lowest BCUT2D eigenvalue weighted by molar-refractivity contribution is -0.127. The van der Waals surface area contributed by atoms with Gasteiger partial charge in [-0.25, -0.2) is 4.98 Å². The van der Waals surface area contributed by atoms with Crippen LogP contribution < -0.4 is 15.4 Å². The normalized spacial score (nSPS) is 13.4. The second-order valence-corrected chi connectivity index (χ2v) is 10.2. The number of anilines is 2. The summed E-state index contributed by atoms with van der Waals surface area (Å²) in [4.78, 5) is 35.1. The number of hydrogen-bond donors (Lipinski definition) is 2. The van der Waals surface area contributed by atoms with E-state index in [1.54, 1.807) is 23.2 Å². The molecule has 202 valence electrons. The number of nitrogens with one attached hydrogen (secondary N) is 2. The van der Waals surface area contributed by atoms with Gasteiger partial charge < -0.3 is 24.8 Å². The number of aryl methyl sites for hydroxylation is 2. The summed E-state index contributed by atoms with van der Waals surface area (Å²) in [5.74, 6) is 2.11. The lowest BCUT2D eigenvalue weighted by Gasteiger charge is -2.15. The molecule has 0 aliphatic carbocycles. The van der Waals surface area contributed by atoms with Gasteiger partial charge >= 0.3 is 0 Å². The molecular formula is C30H34N6O3. The van der Waals surface area contributed by atoms with Crippen molar-refractivity contribution in [2.75, 3.05) is 25.0 Å². The van der Waals surface area contributed by atoms with E-state index in [1.165, 1.54) is 11.1 Å². The van der Waals surface area contributed by atoms with Gasteiger partial charge in [0.2, 0.25) is 11.9 Å². The molecule has 0 spiro atoms. The van der Waals surface area contributed by atoms with Crippen LogP contribution in [0.2, 0.25) is 0 Å². The molecule has 0 unspecified atom stereocenters. The van der Waals surface area contributed by atoms with Crippen molar-refractivity contribution in [3.05, 3.63) is 71.5 Å². The number of aromatic nitrogens is 3. The number of amides is 2. The van der Waals surface area contributed by atoms with Gasteiger partial charge in [0.25, 0.3) is 5.91 Å². The average Bonchev–Trinajstić information content (AvgIpc) is 3.46. The zero-order chi connectivity index (χ0) is 27.5. The minimum Gasteiger partial charge on any atom is -0.457 e. The summed E-state index contributed by atoms with van der Waals surface area (Å²) in [6, 6.07) is 15.4. The Morgan fingerprint density at radius 2 is 1.92 bits per heavy atom. The van der Waals surface area contributed by atoms with Crippen LogP contribution in [-0.2, 0) is 11.8 Å². The smallest absolute Gasteiger partial charge is 0.270 e. The lowest BCUT2D eigenvalue weighted by Crippen LogP contribution is -2.35. The van der Waals surface area contributed by atoms with E-state index in [1.807, 2.05) is 29.8 Å². The number of fused-ring (bicyclic) bond motifs is 1. The van der Waals surface area contributed by atoms with E-state index < -0.39 is 0 Å². The van der Waals surface area contributed by atoms with E-state index in [0.29, 0.717) is 36.9 Å². The Hall–Kier alpha value is -4.40. The Bertz CT molecular complexity index is 1530. The minimum atomic E-state index is -0.306. The maximum Gasteiger partial charge on any atom is 0.270 e. The number of benzene rings is 2. The highest BCUT2D eigenvalue weighted by Gasteiger charge is 2.20. The zero-order valence-electron chi connectivity index (χ0n) is 22.8. The molecule has 1 fully saturated rings. The second kappa shape index (κ2) is 11.1. The molecule has 1 saturated heterocycles. The maximum absolute atomic E-state index is 12.6.